The van der Waals surface area contributed by atoms with E-state index in [2.05, 4.69) is 27.6 Å². The zero-order chi connectivity index (χ0) is 23.3. The van der Waals surface area contributed by atoms with E-state index < -0.39 is 5.54 Å². The van der Waals surface area contributed by atoms with Crippen LogP contribution in [0, 0.1) is 23.2 Å². The summed E-state index contributed by atoms with van der Waals surface area (Å²) in [7, 11) is 0. The molecule has 0 saturated heterocycles. The fourth-order valence-electron chi connectivity index (χ4n) is 3.61. The third-order valence-corrected chi connectivity index (χ3v) is 5.53. The Morgan fingerprint density at radius 3 is 2.79 bits per heavy atom. The van der Waals surface area contributed by atoms with Gasteiger partial charge in [0.2, 0.25) is 0 Å². The van der Waals surface area contributed by atoms with Crippen molar-refractivity contribution in [3.8, 4) is 11.8 Å². The zero-order valence-electron chi connectivity index (χ0n) is 18.6. The number of anilines is 1. The molecule has 168 valence electrons. The van der Waals surface area contributed by atoms with E-state index in [-0.39, 0.29) is 11.6 Å². The van der Waals surface area contributed by atoms with Gasteiger partial charge in [0.15, 0.2) is 0 Å². The molecular formula is C26H28N6O. The van der Waals surface area contributed by atoms with E-state index in [0.29, 0.717) is 35.7 Å². The first-order valence-corrected chi connectivity index (χ1v) is 11.0. The number of rotatable bonds is 7. The third kappa shape index (κ3) is 5.80. The molecule has 0 spiro atoms. The van der Waals surface area contributed by atoms with Gasteiger partial charge in [-0.05, 0) is 44.0 Å². The van der Waals surface area contributed by atoms with Gasteiger partial charge in [0.05, 0.1) is 29.6 Å². The van der Waals surface area contributed by atoms with Gasteiger partial charge in [-0.3, -0.25) is 10.2 Å². The molecule has 1 aromatic carbocycles. The lowest BCUT2D eigenvalue weighted by Gasteiger charge is -2.33. The van der Waals surface area contributed by atoms with Crippen LogP contribution in [-0.2, 0) is 0 Å². The Balaban J connectivity index is 1.42. The smallest absolute Gasteiger partial charge is 0.254 e. The number of nitrogens with two attached hydrogens (primary N) is 1. The van der Waals surface area contributed by atoms with Crippen molar-refractivity contribution in [2.75, 3.05) is 11.9 Å². The fourth-order valence-corrected chi connectivity index (χ4v) is 3.61. The van der Waals surface area contributed by atoms with E-state index >= 15 is 0 Å². The van der Waals surface area contributed by atoms with Gasteiger partial charge >= 0.3 is 0 Å². The minimum atomic E-state index is -0.506. The van der Waals surface area contributed by atoms with Crippen molar-refractivity contribution in [2.24, 2.45) is 16.8 Å². The van der Waals surface area contributed by atoms with Crippen LogP contribution in [0.5, 0.6) is 0 Å². The zero-order valence-corrected chi connectivity index (χ0v) is 18.6. The van der Waals surface area contributed by atoms with Crippen molar-refractivity contribution < 1.29 is 4.79 Å². The van der Waals surface area contributed by atoms with Gasteiger partial charge in [-0.25, -0.2) is 4.68 Å². The van der Waals surface area contributed by atoms with E-state index in [4.69, 9.17) is 11.1 Å². The highest BCUT2D eigenvalue weighted by molar-refractivity contribution is 6.37. The molecule has 1 unspecified atom stereocenters. The summed E-state index contributed by atoms with van der Waals surface area (Å²) in [4.78, 5) is 12.7. The lowest BCUT2D eigenvalue weighted by Crippen LogP contribution is -2.38. The maximum absolute atomic E-state index is 12.7. The number of hydrogen-bond acceptors (Lipinski definition) is 5. The van der Waals surface area contributed by atoms with E-state index in [1.165, 1.54) is 19.1 Å². The van der Waals surface area contributed by atoms with E-state index in [1.54, 1.807) is 23.1 Å². The van der Waals surface area contributed by atoms with Crippen LogP contribution in [0.4, 0.5) is 5.69 Å². The number of aromatic nitrogens is 1. The molecule has 0 radical (unpaired) electrons. The first kappa shape index (κ1) is 22.2. The van der Waals surface area contributed by atoms with Gasteiger partial charge in [0, 0.05) is 41.7 Å². The lowest BCUT2D eigenvalue weighted by atomic mass is 9.86. The van der Waals surface area contributed by atoms with Gasteiger partial charge in [0.25, 0.3) is 5.91 Å². The Morgan fingerprint density at radius 2 is 2.06 bits per heavy atom. The van der Waals surface area contributed by atoms with Crippen LogP contribution < -0.4 is 16.4 Å². The summed E-state index contributed by atoms with van der Waals surface area (Å²) in [6.45, 7) is 2.35. The number of amides is 1. The summed E-state index contributed by atoms with van der Waals surface area (Å²) in [6, 6.07) is 11.1. The molecule has 1 heterocycles. The first-order chi connectivity index (χ1) is 15.9. The molecule has 0 bridgehead atoms. The second kappa shape index (κ2) is 9.61. The van der Waals surface area contributed by atoms with Crippen LogP contribution in [-0.4, -0.2) is 34.6 Å². The van der Waals surface area contributed by atoms with Crippen molar-refractivity contribution in [3.05, 3.63) is 77.8 Å². The minimum Gasteiger partial charge on any atom is -0.401 e. The lowest BCUT2D eigenvalue weighted by molar-refractivity contribution is 0.0959. The number of hydrogen-bond donors (Lipinski definition) is 4. The highest BCUT2D eigenvalue weighted by Gasteiger charge is 2.28. The largest absolute Gasteiger partial charge is 0.401 e. The van der Waals surface area contributed by atoms with Crippen LogP contribution in [0.3, 0.4) is 0 Å². The molecule has 5 N–H and O–H groups in total. The first-order valence-electron chi connectivity index (χ1n) is 11.0. The molecule has 33 heavy (non-hydrogen) atoms. The van der Waals surface area contributed by atoms with Crippen molar-refractivity contribution in [1.82, 2.24) is 9.99 Å². The van der Waals surface area contributed by atoms with E-state index in [9.17, 15) is 4.79 Å². The molecule has 7 heteroatoms. The number of allylic oxidation sites excluding steroid dienone is 2. The molecule has 2 aliphatic carbocycles. The highest BCUT2D eigenvalue weighted by Crippen LogP contribution is 2.30. The summed E-state index contributed by atoms with van der Waals surface area (Å²) in [5.41, 5.74) is 8.60. The average Bonchev–Trinajstić information content (AvgIpc) is 3.47. The predicted octanol–water partition coefficient (Wildman–Crippen LogP) is 3.53. The van der Waals surface area contributed by atoms with Crippen molar-refractivity contribution in [3.63, 3.8) is 0 Å². The standard InChI is InChI=1S/C26H28N6O/c1-26(13-12-20(22(27)17-26)23(28)18-30-32-15-4-5-16-32)31-24-9-3-2-8-21(24)25(33)29-14-6-7-19-10-11-19/h2-5,8-9,12-13,15-16,18-19,28,31H,10-11,14,17,27H2,1H3,(H,29,33)/b28-23?,30-18+. The molecule has 1 amide bonds. The Bertz CT molecular complexity index is 1190. The van der Waals surface area contributed by atoms with Crippen LogP contribution in [0.1, 0.15) is 36.5 Å². The second-order valence-electron chi connectivity index (χ2n) is 8.54. The maximum Gasteiger partial charge on any atom is 0.254 e. The van der Waals surface area contributed by atoms with Gasteiger partial charge < -0.3 is 16.4 Å². The van der Waals surface area contributed by atoms with Crippen LogP contribution in [0.25, 0.3) is 0 Å². The second-order valence-corrected chi connectivity index (χ2v) is 8.54. The normalized spacial score (nSPS) is 19.8. The summed E-state index contributed by atoms with van der Waals surface area (Å²) in [5, 5.41) is 18.9. The molecule has 1 aromatic heterocycles. The molecule has 1 saturated carbocycles. The molecule has 1 atom stereocenters. The average molecular weight is 441 g/mol. The molecule has 2 aromatic rings. The van der Waals surface area contributed by atoms with Crippen molar-refractivity contribution >= 4 is 23.5 Å². The van der Waals surface area contributed by atoms with E-state index in [1.807, 2.05) is 49.4 Å². The SMILES string of the molecule is CC1(Nc2ccccc2C(=O)NCC#CC2CC2)C=CC(C(=N)/C=N/n2cccc2)=C(N)C1. The summed E-state index contributed by atoms with van der Waals surface area (Å²) >= 11 is 0. The van der Waals surface area contributed by atoms with Gasteiger partial charge in [-0.2, -0.15) is 5.10 Å². The molecule has 7 nitrogen and oxygen atoms in total. The summed E-state index contributed by atoms with van der Waals surface area (Å²) in [5.74, 6) is 6.52. The molecule has 4 rings (SSSR count). The third-order valence-electron chi connectivity index (χ3n) is 5.53. The fraction of sp³-hybridized carbons (Fsp3) is 0.269. The molecule has 2 aliphatic rings. The summed E-state index contributed by atoms with van der Waals surface area (Å²) in [6.07, 6.45) is 11.7. The minimum absolute atomic E-state index is 0.168. The van der Waals surface area contributed by atoms with Crippen molar-refractivity contribution in [2.45, 2.75) is 31.7 Å². The van der Waals surface area contributed by atoms with Crippen LogP contribution >= 0.6 is 0 Å². The van der Waals surface area contributed by atoms with Gasteiger partial charge in [-0.15, -0.1) is 0 Å². The maximum atomic E-state index is 12.7. The quantitative estimate of drug-likeness (QED) is 0.391. The number of carbonyl (C=O) groups is 1. The van der Waals surface area contributed by atoms with Crippen molar-refractivity contribution in [1.29, 1.82) is 5.41 Å². The number of carbonyl (C=O) groups excluding carboxylic acids is 1. The summed E-state index contributed by atoms with van der Waals surface area (Å²) < 4.78 is 1.63. The van der Waals surface area contributed by atoms with Gasteiger partial charge in [0.1, 0.15) is 0 Å². The topological polar surface area (TPSA) is 108 Å². The Labute approximate surface area is 194 Å². The number of para-hydroxylation sites is 1. The molecular weight excluding hydrogens is 412 g/mol. The highest BCUT2D eigenvalue weighted by atomic mass is 16.1. The number of nitrogens with one attached hydrogen (secondary N) is 3. The Hall–Kier alpha value is -4.05. The Morgan fingerprint density at radius 1 is 1.30 bits per heavy atom. The molecule has 1 fully saturated rings. The monoisotopic (exact) mass is 440 g/mol. The van der Waals surface area contributed by atoms with E-state index in [0.717, 1.165) is 5.69 Å². The number of benzene rings is 1. The molecule has 0 aliphatic heterocycles. The Kier molecular flexibility index (Phi) is 6.45. The van der Waals surface area contributed by atoms with Crippen LogP contribution in [0.2, 0.25) is 0 Å². The van der Waals surface area contributed by atoms with Gasteiger partial charge in [-0.1, -0.05) is 36.1 Å². The van der Waals surface area contributed by atoms with Crippen LogP contribution in [0.15, 0.2) is 77.3 Å². The number of nitrogens with zero attached hydrogens (tertiary/aromatic N) is 2. The predicted molar refractivity (Wildman–Crippen MR) is 132 cm³/mol.